The predicted octanol–water partition coefficient (Wildman–Crippen LogP) is 2.60. The van der Waals surface area contributed by atoms with E-state index in [1.807, 2.05) is 12.1 Å². The van der Waals surface area contributed by atoms with E-state index in [1.165, 1.54) is 0 Å². The zero-order valence-electron chi connectivity index (χ0n) is 12.3. The molecule has 0 amide bonds. The van der Waals surface area contributed by atoms with Gasteiger partial charge in [0.05, 0.1) is 5.69 Å². The van der Waals surface area contributed by atoms with Crippen LogP contribution in [0.3, 0.4) is 0 Å². The first-order valence-electron chi connectivity index (χ1n) is 6.78. The summed E-state index contributed by atoms with van der Waals surface area (Å²) in [5.41, 5.74) is 1.10. The van der Waals surface area contributed by atoms with Crippen LogP contribution in [0.2, 0.25) is 0 Å². The molecule has 0 saturated carbocycles. The van der Waals surface area contributed by atoms with Gasteiger partial charge in [-0.2, -0.15) is 5.10 Å². The Hall–Kier alpha value is -1.16. The van der Waals surface area contributed by atoms with E-state index in [0.717, 1.165) is 37.4 Å². The average molecular weight is 250 g/mol. The lowest BCUT2D eigenvalue weighted by Crippen LogP contribution is -2.41. The van der Waals surface area contributed by atoms with Gasteiger partial charge in [0.2, 0.25) is 0 Å². The molecule has 0 saturated heterocycles. The van der Waals surface area contributed by atoms with Gasteiger partial charge in [0.25, 0.3) is 0 Å². The molecule has 0 aliphatic heterocycles. The Morgan fingerprint density at radius 3 is 2.44 bits per heavy atom. The zero-order valence-corrected chi connectivity index (χ0v) is 12.3. The SMILES string of the molecule is CCCNCc1ccc(N(C)C(C)(C)CC)nn1. The maximum atomic E-state index is 4.31. The number of nitrogens with zero attached hydrogens (tertiary/aromatic N) is 3. The Bertz CT molecular complexity index is 345. The van der Waals surface area contributed by atoms with Crippen LogP contribution in [0, 0.1) is 0 Å². The second kappa shape index (κ2) is 6.69. The van der Waals surface area contributed by atoms with Crippen molar-refractivity contribution >= 4 is 5.82 Å². The molecule has 1 aromatic heterocycles. The number of hydrogen-bond donors (Lipinski definition) is 1. The summed E-state index contributed by atoms with van der Waals surface area (Å²) in [6.45, 7) is 10.6. The third-order valence-electron chi connectivity index (χ3n) is 3.56. The van der Waals surface area contributed by atoms with Crippen LogP contribution >= 0.6 is 0 Å². The molecule has 0 aliphatic carbocycles. The van der Waals surface area contributed by atoms with Gasteiger partial charge in [-0.25, -0.2) is 0 Å². The molecule has 4 heteroatoms. The minimum Gasteiger partial charge on any atom is -0.353 e. The molecule has 102 valence electrons. The van der Waals surface area contributed by atoms with Crippen LogP contribution in [0.5, 0.6) is 0 Å². The summed E-state index contributed by atoms with van der Waals surface area (Å²) in [7, 11) is 2.07. The van der Waals surface area contributed by atoms with Crippen LogP contribution in [0.25, 0.3) is 0 Å². The third kappa shape index (κ3) is 3.95. The van der Waals surface area contributed by atoms with E-state index in [2.05, 4.69) is 55.2 Å². The van der Waals surface area contributed by atoms with Gasteiger partial charge in [-0.05, 0) is 45.4 Å². The molecule has 1 heterocycles. The summed E-state index contributed by atoms with van der Waals surface area (Å²) in [5.74, 6) is 0.932. The molecule has 1 aromatic rings. The van der Waals surface area contributed by atoms with Gasteiger partial charge in [-0.3, -0.25) is 0 Å². The Morgan fingerprint density at radius 2 is 1.94 bits per heavy atom. The highest BCUT2D eigenvalue weighted by atomic mass is 15.3. The van der Waals surface area contributed by atoms with Crippen molar-refractivity contribution in [2.45, 2.75) is 52.6 Å². The number of rotatable bonds is 7. The molecular weight excluding hydrogens is 224 g/mol. The van der Waals surface area contributed by atoms with Crippen molar-refractivity contribution in [3.05, 3.63) is 17.8 Å². The van der Waals surface area contributed by atoms with Crippen molar-refractivity contribution in [2.24, 2.45) is 0 Å². The Morgan fingerprint density at radius 1 is 1.22 bits per heavy atom. The minimum absolute atomic E-state index is 0.108. The van der Waals surface area contributed by atoms with E-state index in [9.17, 15) is 0 Å². The second-order valence-corrected chi connectivity index (χ2v) is 5.28. The maximum Gasteiger partial charge on any atom is 0.151 e. The van der Waals surface area contributed by atoms with Crippen molar-refractivity contribution in [3.63, 3.8) is 0 Å². The Balaban J connectivity index is 2.65. The first kappa shape index (κ1) is 14.9. The fourth-order valence-electron chi connectivity index (χ4n) is 1.57. The van der Waals surface area contributed by atoms with Crippen LogP contribution in [0.1, 0.15) is 46.2 Å². The van der Waals surface area contributed by atoms with Crippen LogP contribution in [0.15, 0.2) is 12.1 Å². The highest BCUT2D eigenvalue weighted by molar-refractivity contribution is 5.39. The smallest absolute Gasteiger partial charge is 0.151 e. The molecule has 0 spiro atoms. The lowest BCUT2D eigenvalue weighted by atomic mass is 10.0. The fourth-order valence-corrected chi connectivity index (χ4v) is 1.57. The molecule has 4 nitrogen and oxygen atoms in total. The molecule has 0 bridgehead atoms. The van der Waals surface area contributed by atoms with Gasteiger partial charge in [-0.15, -0.1) is 5.10 Å². The van der Waals surface area contributed by atoms with E-state index in [1.54, 1.807) is 0 Å². The molecule has 1 rings (SSSR count). The lowest BCUT2D eigenvalue weighted by molar-refractivity contribution is 0.465. The van der Waals surface area contributed by atoms with Crippen molar-refractivity contribution in [2.75, 3.05) is 18.5 Å². The Kier molecular flexibility index (Phi) is 5.54. The van der Waals surface area contributed by atoms with E-state index in [4.69, 9.17) is 0 Å². The second-order valence-electron chi connectivity index (χ2n) is 5.28. The van der Waals surface area contributed by atoms with Crippen LogP contribution in [0.4, 0.5) is 5.82 Å². The molecule has 0 unspecified atom stereocenters. The van der Waals surface area contributed by atoms with Gasteiger partial charge < -0.3 is 10.2 Å². The summed E-state index contributed by atoms with van der Waals surface area (Å²) in [4.78, 5) is 2.18. The molecule has 0 radical (unpaired) electrons. The van der Waals surface area contributed by atoms with Gasteiger partial charge in [0.15, 0.2) is 5.82 Å². The molecule has 0 aromatic carbocycles. The van der Waals surface area contributed by atoms with Crippen molar-refractivity contribution in [1.29, 1.82) is 0 Å². The number of nitrogens with one attached hydrogen (secondary N) is 1. The normalized spacial score (nSPS) is 11.6. The standard InChI is InChI=1S/C14H26N4/c1-6-10-15-11-12-8-9-13(17-16-12)18(5)14(3,4)7-2/h8-9,15H,6-7,10-11H2,1-5H3. The maximum absolute atomic E-state index is 4.31. The number of anilines is 1. The van der Waals surface area contributed by atoms with Crippen molar-refractivity contribution < 1.29 is 0 Å². The van der Waals surface area contributed by atoms with E-state index in [-0.39, 0.29) is 5.54 Å². The third-order valence-corrected chi connectivity index (χ3v) is 3.56. The van der Waals surface area contributed by atoms with E-state index in [0.29, 0.717) is 0 Å². The monoisotopic (exact) mass is 250 g/mol. The lowest BCUT2D eigenvalue weighted by Gasteiger charge is -2.35. The summed E-state index contributed by atoms with van der Waals surface area (Å²) in [5, 5.41) is 11.9. The van der Waals surface area contributed by atoms with Gasteiger partial charge in [0, 0.05) is 19.1 Å². The number of aromatic nitrogens is 2. The van der Waals surface area contributed by atoms with E-state index >= 15 is 0 Å². The molecule has 18 heavy (non-hydrogen) atoms. The topological polar surface area (TPSA) is 41.0 Å². The summed E-state index contributed by atoms with van der Waals surface area (Å²) < 4.78 is 0. The highest BCUT2D eigenvalue weighted by Gasteiger charge is 2.22. The minimum atomic E-state index is 0.108. The molecule has 0 fully saturated rings. The first-order valence-corrected chi connectivity index (χ1v) is 6.78. The Labute approximate surface area is 111 Å². The van der Waals surface area contributed by atoms with Gasteiger partial charge in [0.1, 0.15) is 0 Å². The van der Waals surface area contributed by atoms with Crippen LogP contribution < -0.4 is 10.2 Å². The van der Waals surface area contributed by atoms with Gasteiger partial charge in [-0.1, -0.05) is 13.8 Å². The quantitative estimate of drug-likeness (QED) is 0.755. The van der Waals surface area contributed by atoms with Crippen LogP contribution in [-0.4, -0.2) is 29.3 Å². The largest absolute Gasteiger partial charge is 0.353 e. The average Bonchev–Trinajstić information content (AvgIpc) is 2.39. The molecule has 0 atom stereocenters. The summed E-state index contributed by atoms with van der Waals surface area (Å²) >= 11 is 0. The first-order chi connectivity index (χ1) is 8.51. The predicted molar refractivity (Wildman–Crippen MR) is 76.8 cm³/mol. The fraction of sp³-hybridized carbons (Fsp3) is 0.714. The molecule has 1 N–H and O–H groups in total. The summed E-state index contributed by atoms with van der Waals surface area (Å²) in [6.07, 6.45) is 2.21. The van der Waals surface area contributed by atoms with Crippen molar-refractivity contribution in [3.8, 4) is 0 Å². The highest BCUT2D eigenvalue weighted by Crippen LogP contribution is 2.22. The van der Waals surface area contributed by atoms with Crippen molar-refractivity contribution in [1.82, 2.24) is 15.5 Å². The molecule has 0 aliphatic rings. The van der Waals surface area contributed by atoms with Gasteiger partial charge >= 0.3 is 0 Å². The summed E-state index contributed by atoms with van der Waals surface area (Å²) in [6, 6.07) is 4.10. The number of hydrogen-bond acceptors (Lipinski definition) is 4. The van der Waals surface area contributed by atoms with E-state index < -0.39 is 0 Å². The molecular formula is C14H26N4. The zero-order chi connectivity index (χ0) is 13.6. The van der Waals surface area contributed by atoms with Crippen LogP contribution in [-0.2, 0) is 6.54 Å².